The predicted octanol–water partition coefficient (Wildman–Crippen LogP) is 2.91. The highest BCUT2D eigenvalue weighted by atomic mass is 16.5. The van der Waals surface area contributed by atoms with Crippen LogP contribution in [0.25, 0.3) is 0 Å². The quantitative estimate of drug-likeness (QED) is 0.548. The Morgan fingerprint density at radius 3 is 2.24 bits per heavy atom. The molecule has 1 aliphatic heterocycles. The Labute approximate surface area is 104 Å². The number of rotatable bonds is 5. The SMILES string of the molecule is CCCCCC(=O)C1C(=O)C(C)(C)OC1(C)C. The van der Waals surface area contributed by atoms with Gasteiger partial charge in [0, 0.05) is 6.42 Å². The third kappa shape index (κ3) is 2.95. The molecule has 1 aliphatic rings. The molecular formula is C14H24O3. The molecule has 1 atom stereocenters. The average Bonchev–Trinajstić information content (AvgIpc) is 2.31. The number of unbranched alkanes of at least 4 members (excludes halogenated alkanes) is 2. The van der Waals surface area contributed by atoms with E-state index in [1.54, 1.807) is 13.8 Å². The summed E-state index contributed by atoms with van der Waals surface area (Å²) in [7, 11) is 0. The van der Waals surface area contributed by atoms with E-state index in [0.717, 1.165) is 19.3 Å². The zero-order valence-corrected chi connectivity index (χ0v) is 11.6. The van der Waals surface area contributed by atoms with Crippen LogP contribution in [0.4, 0.5) is 0 Å². The van der Waals surface area contributed by atoms with Crippen molar-refractivity contribution in [2.45, 2.75) is 71.5 Å². The summed E-state index contributed by atoms with van der Waals surface area (Å²) in [6.45, 7) is 9.26. The Kier molecular flexibility index (Phi) is 4.13. The lowest BCUT2D eigenvalue weighted by Crippen LogP contribution is -2.37. The van der Waals surface area contributed by atoms with E-state index in [1.807, 2.05) is 13.8 Å². The van der Waals surface area contributed by atoms with E-state index in [2.05, 4.69) is 6.92 Å². The van der Waals surface area contributed by atoms with E-state index in [1.165, 1.54) is 0 Å². The van der Waals surface area contributed by atoms with E-state index >= 15 is 0 Å². The van der Waals surface area contributed by atoms with Gasteiger partial charge in [0.2, 0.25) is 0 Å². The molecule has 17 heavy (non-hydrogen) atoms. The largest absolute Gasteiger partial charge is 0.361 e. The van der Waals surface area contributed by atoms with E-state index in [9.17, 15) is 9.59 Å². The van der Waals surface area contributed by atoms with Crippen molar-refractivity contribution < 1.29 is 14.3 Å². The lowest BCUT2D eigenvalue weighted by Gasteiger charge is -2.24. The minimum Gasteiger partial charge on any atom is -0.361 e. The van der Waals surface area contributed by atoms with Crippen LogP contribution >= 0.6 is 0 Å². The Morgan fingerprint density at radius 1 is 1.24 bits per heavy atom. The van der Waals surface area contributed by atoms with Crippen LogP contribution in [-0.4, -0.2) is 22.8 Å². The molecule has 3 heteroatoms. The van der Waals surface area contributed by atoms with Crippen molar-refractivity contribution in [2.24, 2.45) is 5.92 Å². The maximum atomic E-state index is 12.2. The summed E-state index contributed by atoms with van der Waals surface area (Å²) in [4.78, 5) is 24.3. The summed E-state index contributed by atoms with van der Waals surface area (Å²) in [5, 5.41) is 0. The lowest BCUT2D eigenvalue weighted by molar-refractivity contribution is -0.134. The Hall–Kier alpha value is -0.700. The number of hydrogen-bond acceptors (Lipinski definition) is 3. The van der Waals surface area contributed by atoms with Gasteiger partial charge in [-0.2, -0.15) is 0 Å². The highest BCUT2D eigenvalue weighted by Gasteiger charge is 2.55. The fourth-order valence-corrected chi connectivity index (χ4v) is 2.66. The summed E-state index contributed by atoms with van der Waals surface area (Å²) in [6.07, 6.45) is 3.48. The summed E-state index contributed by atoms with van der Waals surface area (Å²) in [5.74, 6) is -0.614. The molecule has 0 radical (unpaired) electrons. The molecular weight excluding hydrogens is 216 g/mol. The molecule has 1 fully saturated rings. The van der Waals surface area contributed by atoms with Crippen LogP contribution in [0.1, 0.15) is 60.3 Å². The zero-order chi connectivity index (χ0) is 13.3. The van der Waals surface area contributed by atoms with Crippen LogP contribution in [0, 0.1) is 5.92 Å². The predicted molar refractivity (Wildman–Crippen MR) is 66.9 cm³/mol. The van der Waals surface area contributed by atoms with Gasteiger partial charge in [-0.3, -0.25) is 9.59 Å². The van der Waals surface area contributed by atoms with Crippen LogP contribution in [0.2, 0.25) is 0 Å². The van der Waals surface area contributed by atoms with Crippen molar-refractivity contribution in [2.75, 3.05) is 0 Å². The van der Waals surface area contributed by atoms with Crippen LogP contribution in [0.3, 0.4) is 0 Å². The van der Waals surface area contributed by atoms with Gasteiger partial charge in [0.15, 0.2) is 5.78 Å². The number of ether oxygens (including phenoxy) is 1. The summed E-state index contributed by atoms with van der Waals surface area (Å²) < 4.78 is 5.72. The van der Waals surface area contributed by atoms with E-state index in [4.69, 9.17) is 4.74 Å². The van der Waals surface area contributed by atoms with Crippen LogP contribution in [-0.2, 0) is 14.3 Å². The molecule has 1 heterocycles. The lowest BCUT2D eigenvalue weighted by atomic mass is 9.81. The average molecular weight is 240 g/mol. The maximum Gasteiger partial charge on any atom is 0.177 e. The van der Waals surface area contributed by atoms with Gasteiger partial charge < -0.3 is 4.74 Å². The topological polar surface area (TPSA) is 43.4 Å². The van der Waals surface area contributed by atoms with Crippen molar-refractivity contribution in [1.82, 2.24) is 0 Å². The van der Waals surface area contributed by atoms with Gasteiger partial charge in [-0.25, -0.2) is 0 Å². The van der Waals surface area contributed by atoms with Gasteiger partial charge in [0.25, 0.3) is 0 Å². The number of Topliss-reactive ketones (excluding diaryl/α,β-unsaturated/α-hetero) is 2. The third-order valence-electron chi connectivity index (χ3n) is 3.42. The molecule has 0 saturated carbocycles. The maximum absolute atomic E-state index is 12.2. The second-order valence-electron chi connectivity index (χ2n) is 5.94. The Bertz CT molecular complexity index is 315. The summed E-state index contributed by atoms with van der Waals surface area (Å²) in [6, 6.07) is 0. The van der Waals surface area contributed by atoms with Crippen molar-refractivity contribution in [3.63, 3.8) is 0 Å². The van der Waals surface area contributed by atoms with Gasteiger partial charge in [-0.05, 0) is 34.1 Å². The smallest absolute Gasteiger partial charge is 0.177 e. The normalized spacial score (nSPS) is 26.2. The number of carbonyl (C=O) groups is 2. The van der Waals surface area contributed by atoms with Gasteiger partial charge in [0.1, 0.15) is 17.3 Å². The molecule has 0 aromatic carbocycles. The fraction of sp³-hybridized carbons (Fsp3) is 0.857. The molecule has 0 aromatic rings. The van der Waals surface area contributed by atoms with Gasteiger partial charge in [0.05, 0.1) is 5.60 Å². The molecule has 1 unspecified atom stereocenters. The molecule has 1 saturated heterocycles. The standard InChI is InChI=1S/C14H24O3/c1-6-7-8-9-10(15)11-12(16)14(4,5)17-13(11,2)3/h11H,6-9H2,1-5H3. The number of carbonyl (C=O) groups excluding carboxylic acids is 2. The van der Waals surface area contributed by atoms with Gasteiger partial charge in [-0.15, -0.1) is 0 Å². The molecule has 0 amide bonds. The monoisotopic (exact) mass is 240 g/mol. The van der Waals surface area contributed by atoms with Gasteiger partial charge >= 0.3 is 0 Å². The first-order chi connectivity index (χ1) is 7.72. The van der Waals surface area contributed by atoms with Crippen molar-refractivity contribution >= 4 is 11.6 Å². The highest BCUT2D eigenvalue weighted by Crippen LogP contribution is 2.40. The first-order valence-electron chi connectivity index (χ1n) is 6.49. The Morgan fingerprint density at radius 2 is 1.82 bits per heavy atom. The molecule has 0 bridgehead atoms. The summed E-state index contributed by atoms with van der Waals surface area (Å²) in [5.41, 5.74) is -1.49. The van der Waals surface area contributed by atoms with Crippen LogP contribution in [0.5, 0.6) is 0 Å². The van der Waals surface area contributed by atoms with Crippen molar-refractivity contribution in [3.8, 4) is 0 Å². The Balaban J connectivity index is 2.75. The highest BCUT2D eigenvalue weighted by molar-refractivity contribution is 6.08. The number of ketones is 2. The molecule has 0 N–H and O–H groups in total. The van der Waals surface area contributed by atoms with E-state index < -0.39 is 17.1 Å². The summed E-state index contributed by atoms with van der Waals surface area (Å²) >= 11 is 0. The van der Waals surface area contributed by atoms with Crippen LogP contribution < -0.4 is 0 Å². The van der Waals surface area contributed by atoms with Crippen molar-refractivity contribution in [3.05, 3.63) is 0 Å². The molecule has 3 nitrogen and oxygen atoms in total. The molecule has 1 rings (SSSR count). The second kappa shape index (κ2) is 4.89. The zero-order valence-electron chi connectivity index (χ0n) is 11.6. The molecule has 0 aromatic heterocycles. The van der Waals surface area contributed by atoms with Gasteiger partial charge in [-0.1, -0.05) is 19.8 Å². The molecule has 0 aliphatic carbocycles. The minimum absolute atomic E-state index is 0.0408. The molecule has 98 valence electrons. The third-order valence-corrected chi connectivity index (χ3v) is 3.42. The second-order valence-corrected chi connectivity index (χ2v) is 5.94. The van der Waals surface area contributed by atoms with Crippen LogP contribution in [0.15, 0.2) is 0 Å². The molecule has 0 spiro atoms. The van der Waals surface area contributed by atoms with E-state index in [0.29, 0.717) is 6.42 Å². The van der Waals surface area contributed by atoms with Crippen molar-refractivity contribution in [1.29, 1.82) is 0 Å². The first-order valence-corrected chi connectivity index (χ1v) is 6.49. The fourth-order valence-electron chi connectivity index (χ4n) is 2.66. The first kappa shape index (κ1) is 14.4. The number of hydrogen-bond donors (Lipinski definition) is 0. The van der Waals surface area contributed by atoms with E-state index in [-0.39, 0.29) is 11.6 Å². The minimum atomic E-state index is -0.825.